The molecule has 3 atom stereocenters. The lowest BCUT2D eigenvalue weighted by atomic mass is 10.0. The lowest BCUT2D eigenvalue weighted by molar-refractivity contribution is -0.126. The number of benzene rings is 1. The third kappa shape index (κ3) is 4.02. The number of rotatable bonds is 6. The summed E-state index contributed by atoms with van der Waals surface area (Å²) in [4.78, 5) is 12.4. The highest BCUT2D eigenvalue weighted by atomic mass is 79.9. The van der Waals surface area contributed by atoms with E-state index in [9.17, 15) is 4.79 Å². The van der Waals surface area contributed by atoms with Gasteiger partial charge in [0, 0.05) is 0 Å². The number of carbonyl (C=O) groups is 1. The molecule has 142 valence electrons. The van der Waals surface area contributed by atoms with Crippen molar-refractivity contribution in [2.45, 2.75) is 25.0 Å². The number of nitrogens with one attached hydrogen (secondary N) is 1. The summed E-state index contributed by atoms with van der Waals surface area (Å²) in [5.41, 5.74) is 3.29. The molecule has 27 heavy (non-hydrogen) atoms. The minimum Gasteiger partial charge on any atom is -0.493 e. The summed E-state index contributed by atoms with van der Waals surface area (Å²) >= 11 is 3.42. The summed E-state index contributed by atoms with van der Waals surface area (Å²) in [5.74, 6) is 0.887. The van der Waals surface area contributed by atoms with Crippen LogP contribution in [-0.4, -0.2) is 49.5 Å². The fourth-order valence-corrected chi connectivity index (χ4v) is 3.47. The minimum atomic E-state index is -0.505. The quantitative estimate of drug-likeness (QED) is 0.551. The van der Waals surface area contributed by atoms with E-state index in [2.05, 4.69) is 36.8 Å². The molecule has 0 radical (unpaired) electrons. The van der Waals surface area contributed by atoms with Crippen LogP contribution in [0, 0.1) is 0 Å². The second kappa shape index (κ2) is 8.34. The molecule has 1 aromatic rings. The molecule has 1 aliphatic carbocycles. The molecule has 1 aromatic carbocycles. The van der Waals surface area contributed by atoms with Gasteiger partial charge in [-0.25, -0.2) is 5.43 Å². The second-order valence-corrected chi connectivity index (χ2v) is 6.84. The zero-order valence-corrected chi connectivity index (χ0v) is 16.8. The van der Waals surface area contributed by atoms with Gasteiger partial charge in [-0.15, -0.1) is 0 Å². The fraction of sp³-hybridized carbons (Fsp3) is 0.333. The van der Waals surface area contributed by atoms with Gasteiger partial charge in [0.05, 0.1) is 30.9 Å². The lowest BCUT2D eigenvalue weighted by Crippen LogP contribution is -2.46. The van der Waals surface area contributed by atoms with Gasteiger partial charge in [0.15, 0.2) is 11.5 Å². The third-order valence-corrected chi connectivity index (χ3v) is 4.88. The molecule has 1 aliphatic heterocycles. The van der Waals surface area contributed by atoms with Crippen molar-refractivity contribution in [3.63, 3.8) is 0 Å². The first-order valence-corrected chi connectivity index (χ1v) is 9.13. The maximum absolute atomic E-state index is 12.4. The van der Waals surface area contributed by atoms with Gasteiger partial charge in [0.25, 0.3) is 5.91 Å². The molecule has 1 N–H and O–H groups in total. The number of halogens is 1. The normalized spacial score (nSPS) is 21.4. The van der Waals surface area contributed by atoms with E-state index in [1.165, 1.54) is 6.21 Å². The molecular weight excluding hydrogens is 414 g/mol. The van der Waals surface area contributed by atoms with Crippen LogP contribution in [0.5, 0.6) is 11.5 Å². The van der Waals surface area contributed by atoms with Crippen LogP contribution in [0.25, 0.3) is 0 Å². The van der Waals surface area contributed by atoms with Crippen molar-refractivity contribution in [3.8, 4) is 11.5 Å². The molecule has 0 fully saturated rings. The topological polar surface area (TPSA) is 87.9 Å². The van der Waals surface area contributed by atoms with Crippen molar-refractivity contribution >= 4 is 28.1 Å². The highest BCUT2D eigenvalue weighted by Crippen LogP contribution is 2.35. The summed E-state index contributed by atoms with van der Waals surface area (Å²) in [7, 11) is 3.12. The zero-order valence-electron chi connectivity index (χ0n) is 15.2. The SMILES string of the molecule is COc1cc(/C=N\NC(=O)[C@H](C)N2N=N[C@@H]3C=CC=C[C@@H]32)cc(Br)c1OC. The first-order chi connectivity index (χ1) is 13.0. The Hall–Kier alpha value is -2.68. The summed E-state index contributed by atoms with van der Waals surface area (Å²) in [6.45, 7) is 1.77. The Bertz CT molecular complexity index is 837. The molecule has 3 rings (SSSR count). The van der Waals surface area contributed by atoms with Crippen LogP contribution in [0.1, 0.15) is 12.5 Å². The van der Waals surface area contributed by atoms with Gasteiger partial charge in [0.2, 0.25) is 0 Å². The Morgan fingerprint density at radius 1 is 1.33 bits per heavy atom. The Labute approximate surface area is 165 Å². The number of ether oxygens (including phenoxy) is 2. The van der Waals surface area contributed by atoms with Gasteiger partial charge in [-0.05, 0) is 40.5 Å². The van der Waals surface area contributed by atoms with E-state index in [-0.39, 0.29) is 18.0 Å². The van der Waals surface area contributed by atoms with Gasteiger partial charge in [-0.3, -0.25) is 9.80 Å². The van der Waals surface area contributed by atoms with Crippen LogP contribution in [0.3, 0.4) is 0 Å². The maximum atomic E-state index is 12.4. The molecule has 2 aliphatic rings. The largest absolute Gasteiger partial charge is 0.493 e. The van der Waals surface area contributed by atoms with Crippen LogP contribution in [0.15, 0.2) is 56.3 Å². The highest BCUT2D eigenvalue weighted by Gasteiger charge is 2.35. The third-order valence-electron chi connectivity index (χ3n) is 4.29. The summed E-state index contributed by atoms with van der Waals surface area (Å²) in [6.07, 6.45) is 9.35. The minimum absolute atomic E-state index is 0.0402. The molecule has 0 aromatic heterocycles. The number of hydrogen-bond acceptors (Lipinski definition) is 7. The number of amides is 1. The second-order valence-electron chi connectivity index (χ2n) is 5.98. The number of methoxy groups -OCH3 is 2. The average molecular weight is 434 g/mol. The molecule has 0 unspecified atom stereocenters. The Morgan fingerprint density at radius 2 is 2.11 bits per heavy atom. The van der Waals surface area contributed by atoms with Crippen molar-refractivity contribution in [3.05, 3.63) is 46.5 Å². The van der Waals surface area contributed by atoms with Crippen LogP contribution < -0.4 is 14.9 Å². The summed E-state index contributed by atoms with van der Waals surface area (Å²) < 4.78 is 11.3. The van der Waals surface area contributed by atoms with E-state index < -0.39 is 6.04 Å². The first-order valence-electron chi connectivity index (χ1n) is 8.33. The van der Waals surface area contributed by atoms with Crippen LogP contribution in [0.2, 0.25) is 0 Å². The Kier molecular flexibility index (Phi) is 5.90. The molecule has 1 heterocycles. The molecule has 9 heteroatoms. The highest BCUT2D eigenvalue weighted by molar-refractivity contribution is 9.10. The van der Waals surface area contributed by atoms with Crippen LogP contribution in [0.4, 0.5) is 0 Å². The van der Waals surface area contributed by atoms with Crippen molar-refractivity contribution in [1.29, 1.82) is 0 Å². The first kappa shape index (κ1) is 19.1. The van der Waals surface area contributed by atoms with Crippen LogP contribution in [-0.2, 0) is 4.79 Å². The zero-order chi connectivity index (χ0) is 19.4. The van der Waals surface area contributed by atoms with E-state index in [0.717, 1.165) is 10.0 Å². The van der Waals surface area contributed by atoms with Gasteiger partial charge in [-0.1, -0.05) is 29.5 Å². The predicted octanol–water partition coefficient (Wildman–Crippen LogP) is 2.85. The van der Waals surface area contributed by atoms with Gasteiger partial charge in [-0.2, -0.15) is 10.2 Å². The number of carbonyl (C=O) groups excluding carboxylic acids is 1. The van der Waals surface area contributed by atoms with Crippen molar-refractivity contribution in [2.75, 3.05) is 14.2 Å². The monoisotopic (exact) mass is 433 g/mol. The Morgan fingerprint density at radius 3 is 2.85 bits per heavy atom. The lowest BCUT2D eigenvalue weighted by Gasteiger charge is -2.27. The van der Waals surface area contributed by atoms with E-state index in [1.807, 2.05) is 30.4 Å². The number of nitrogens with zero attached hydrogens (tertiary/aromatic N) is 4. The van der Waals surface area contributed by atoms with Crippen LogP contribution >= 0.6 is 15.9 Å². The predicted molar refractivity (Wildman–Crippen MR) is 105 cm³/mol. The van der Waals surface area contributed by atoms with Crippen molar-refractivity contribution in [1.82, 2.24) is 10.4 Å². The van der Waals surface area contributed by atoms with Gasteiger partial charge in [0.1, 0.15) is 12.1 Å². The number of hydrazone groups is 1. The number of hydrogen-bond donors (Lipinski definition) is 1. The summed E-state index contributed by atoms with van der Waals surface area (Å²) in [6, 6.07) is 2.99. The summed E-state index contributed by atoms with van der Waals surface area (Å²) in [5, 5.41) is 14.0. The number of allylic oxidation sites excluding steroid dienone is 2. The van der Waals surface area contributed by atoms with E-state index >= 15 is 0 Å². The van der Waals surface area contributed by atoms with E-state index in [1.54, 1.807) is 32.2 Å². The van der Waals surface area contributed by atoms with Gasteiger partial charge >= 0.3 is 0 Å². The fourth-order valence-electron chi connectivity index (χ4n) is 2.85. The average Bonchev–Trinajstić information content (AvgIpc) is 3.10. The van der Waals surface area contributed by atoms with E-state index in [0.29, 0.717) is 11.5 Å². The molecule has 0 spiro atoms. The van der Waals surface area contributed by atoms with Gasteiger partial charge < -0.3 is 9.47 Å². The maximum Gasteiger partial charge on any atom is 0.264 e. The molecule has 0 bridgehead atoms. The molecule has 8 nitrogen and oxygen atoms in total. The standard InChI is InChI=1S/C18H20BrN5O3/c1-11(24-15-7-5-4-6-14(15)21-23-24)18(25)22-20-10-12-8-13(19)17(27-3)16(9-12)26-2/h4-11,14-15H,1-3H3,(H,22,25)/b20-10-/t11-,14+,15-/m0/s1. The molecule has 0 saturated carbocycles. The number of fused-ring (bicyclic) bond motifs is 1. The molecular formula is C18H20BrN5O3. The Balaban J connectivity index is 1.64. The van der Waals surface area contributed by atoms with E-state index in [4.69, 9.17) is 9.47 Å². The smallest absolute Gasteiger partial charge is 0.264 e. The van der Waals surface area contributed by atoms with Crippen molar-refractivity contribution < 1.29 is 14.3 Å². The molecule has 1 amide bonds. The molecule has 0 saturated heterocycles. The van der Waals surface area contributed by atoms with Crippen molar-refractivity contribution in [2.24, 2.45) is 15.4 Å².